The van der Waals surface area contributed by atoms with Gasteiger partial charge in [0.15, 0.2) is 0 Å². The smallest absolute Gasteiger partial charge is 0.240 e. The van der Waals surface area contributed by atoms with Gasteiger partial charge >= 0.3 is 0 Å². The summed E-state index contributed by atoms with van der Waals surface area (Å²) < 4.78 is 7.27. The molecule has 0 spiro atoms. The summed E-state index contributed by atoms with van der Waals surface area (Å²) >= 11 is 0. The fraction of sp³-hybridized carbons (Fsp3) is 0.500. The van der Waals surface area contributed by atoms with E-state index in [1.807, 2.05) is 6.08 Å². The number of aliphatic hydroxyl groups is 1. The summed E-state index contributed by atoms with van der Waals surface area (Å²) in [6.45, 7) is 14.2. The summed E-state index contributed by atoms with van der Waals surface area (Å²) in [5.74, 6) is 0.447. The Labute approximate surface area is 191 Å². The summed E-state index contributed by atoms with van der Waals surface area (Å²) in [6.07, 6.45) is 6.59. The molecule has 2 nitrogen and oxygen atoms in total. The lowest BCUT2D eigenvalue weighted by Crippen LogP contribution is -2.53. The number of benzene rings is 2. The van der Waals surface area contributed by atoms with E-state index >= 15 is 0 Å². The van der Waals surface area contributed by atoms with Gasteiger partial charge in [0.25, 0.3) is 0 Å². The molecule has 0 aromatic heterocycles. The van der Waals surface area contributed by atoms with Gasteiger partial charge in [0.05, 0.1) is 12.7 Å². The molecule has 2 aromatic carbocycles. The Morgan fingerprint density at radius 1 is 1.00 bits per heavy atom. The Hall–Kier alpha value is -1.68. The van der Waals surface area contributed by atoms with Crippen LogP contribution in [0.1, 0.15) is 54.4 Å². The van der Waals surface area contributed by atoms with Gasteiger partial charge in [0.2, 0.25) is 9.04 Å². The summed E-state index contributed by atoms with van der Waals surface area (Å²) in [7, 11) is -1.85. The van der Waals surface area contributed by atoms with Crippen LogP contribution < -0.4 is 10.4 Å². The van der Waals surface area contributed by atoms with E-state index in [-0.39, 0.29) is 29.0 Å². The average molecular weight is 437 g/mol. The molecule has 1 N–H and O–H groups in total. The number of rotatable bonds is 7. The molecule has 0 radical (unpaired) electrons. The Kier molecular flexibility index (Phi) is 7.30. The third-order valence-corrected chi connectivity index (χ3v) is 10.2. The fourth-order valence-corrected chi connectivity index (χ4v) is 8.09. The highest BCUT2D eigenvalue weighted by Crippen LogP contribution is 2.59. The van der Waals surface area contributed by atoms with Crippen LogP contribution in [0.25, 0.3) is 0 Å². The van der Waals surface area contributed by atoms with Gasteiger partial charge in [-0.1, -0.05) is 114 Å². The minimum absolute atomic E-state index is 0.0304. The van der Waals surface area contributed by atoms with E-state index in [1.165, 1.54) is 10.4 Å². The van der Waals surface area contributed by atoms with Crippen LogP contribution in [-0.4, -0.2) is 26.9 Å². The highest BCUT2D eigenvalue weighted by Gasteiger charge is 2.55. The quantitative estimate of drug-likeness (QED) is 0.492. The zero-order valence-electron chi connectivity index (χ0n) is 20.1. The van der Waals surface area contributed by atoms with Crippen LogP contribution in [0.5, 0.6) is 0 Å². The van der Waals surface area contributed by atoms with Crippen molar-refractivity contribution in [2.24, 2.45) is 22.2 Å². The van der Waals surface area contributed by atoms with Gasteiger partial charge in [0.1, 0.15) is 0 Å². The molecule has 0 amide bonds. The van der Waals surface area contributed by atoms with Crippen LogP contribution in [0.2, 0.25) is 0 Å². The normalized spacial score (nSPS) is 24.7. The van der Waals surface area contributed by atoms with Gasteiger partial charge < -0.3 is 9.53 Å². The topological polar surface area (TPSA) is 29.5 Å². The molecule has 0 bridgehead atoms. The molecular formula is C28H40O2Si. The van der Waals surface area contributed by atoms with E-state index in [9.17, 15) is 5.11 Å². The molecule has 1 aliphatic carbocycles. The maximum Gasteiger partial charge on any atom is 0.240 e. The second-order valence-corrected chi connectivity index (χ2v) is 13.4. The van der Waals surface area contributed by atoms with Crippen molar-refractivity contribution in [2.75, 3.05) is 6.61 Å². The molecule has 1 fully saturated rings. The number of allylic oxidation sites excluding steroid dienone is 1. The van der Waals surface area contributed by atoms with Crippen molar-refractivity contribution < 1.29 is 9.53 Å². The van der Waals surface area contributed by atoms with E-state index in [0.717, 1.165) is 12.8 Å². The fourth-order valence-electron chi connectivity index (χ4n) is 5.36. The van der Waals surface area contributed by atoms with Crippen molar-refractivity contribution in [1.82, 2.24) is 0 Å². The second kappa shape index (κ2) is 9.44. The molecule has 1 saturated carbocycles. The van der Waals surface area contributed by atoms with Crippen LogP contribution in [0.4, 0.5) is 0 Å². The molecule has 3 unspecified atom stereocenters. The average Bonchev–Trinajstić information content (AvgIpc) is 2.97. The molecule has 1 aliphatic rings. The van der Waals surface area contributed by atoms with Crippen molar-refractivity contribution in [3.8, 4) is 0 Å². The van der Waals surface area contributed by atoms with Crippen LogP contribution in [0, 0.1) is 22.2 Å². The standard InChI is InChI=1S/C28H40O2Si/c1-26(2,3)25(24-18-20-28(6,19-13-21-29)27(24,4)5)30-31(22-14-9-7-10-15-22)23-16-11-8-12-17-23/h7-17,19,24-25,29,31H,18,20-21H2,1-6H3/b19-13+. The molecule has 2 aromatic rings. The minimum Gasteiger partial charge on any atom is -0.407 e. The first-order valence-corrected chi connectivity index (χ1v) is 13.3. The van der Waals surface area contributed by atoms with Gasteiger partial charge in [-0.2, -0.15) is 0 Å². The summed E-state index contributed by atoms with van der Waals surface area (Å²) in [5, 5.41) is 12.1. The highest BCUT2D eigenvalue weighted by atomic mass is 28.3. The van der Waals surface area contributed by atoms with E-state index < -0.39 is 9.04 Å². The van der Waals surface area contributed by atoms with E-state index in [4.69, 9.17) is 4.43 Å². The maximum absolute atomic E-state index is 9.38. The first kappa shape index (κ1) is 24.0. The molecule has 0 aliphatic heterocycles. The Balaban J connectivity index is 2.00. The van der Waals surface area contributed by atoms with E-state index in [0.29, 0.717) is 5.92 Å². The lowest BCUT2D eigenvalue weighted by atomic mass is 9.62. The largest absolute Gasteiger partial charge is 0.407 e. The third-order valence-electron chi connectivity index (χ3n) is 7.67. The van der Waals surface area contributed by atoms with Crippen molar-refractivity contribution >= 4 is 19.4 Å². The molecule has 3 rings (SSSR count). The number of aliphatic hydroxyl groups excluding tert-OH is 1. The SMILES string of the molecule is CC(C)(C)C(O[SiH](c1ccccc1)c1ccccc1)C1CCC(C)(/C=C/CO)C1(C)C. The van der Waals surface area contributed by atoms with Gasteiger partial charge in [-0.3, -0.25) is 0 Å². The summed E-state index contributed by atoms with van der Waals surface area (Å²) in [5.41, 5.74) is 0.162. The van der Waals surface area contributed by atoms with Crippen LogP contribution in [0.3, 0.4) is 0 Å². The Bertz CT molecular complexity index is 814. The Morgan fingerprint density at radius 2 is 1.52 bits per heavy atom. The maximum atomic E-state index is 9.38. The Morgan fingerprint density at radius 3 is 1.97 bits per heavy atom. The van der Waals surface area contributed by atoms with Crippen LogP contribution in [-0.2, 0) is 4.43 Å². The summed E-state index contributed by atoms with van der Waals surface area (Å²) in [6, 6.07) is 21.6. The lowest BCUT2D eigenvalue weighted by molar-refractivity contribution is -0.0226. The van der Waals surface area contributed by atoms with Crippen molar-refractivity contribution in [1.29, 1.82) is 0 Å². The zero-order valence-corrected chi connectivity index (χ0v) is 21.3. The predicted octanol–water partition coefficient (Wildman–Crippen LogP) is 4.95. The molecular weight excluding hydrogens is 396 g/mol. The van der Waals surface area contributed by atoms with Crippen molar-refractivity contribution in [2.45, 2.75) is 60.5 Å². The lowest BCUT2D eigenvalue weighted by Gasteiger charge is -2.47. The van der Waals surface area contributed by atoms with Crippen molar-refractivity contribution in [3.63, 3.8) is 0 Å². The zero-order chi connectivity index (χ0) is 22.7. The first-order valence-electron chi connectivity index (χ1n) is 11.6. The van der Waals surface area contributed by atoms with Gasteiger partial charge in [-0.05, 0) is 45.4 Å². The van der Waals surface area contributed by atoms with Crippen LogP contribution >= 0.6 is 0 Å². The summed E-state index contributed by atoms with van der Waals surface area (Å²) in [4.78, 5) is 0. The first-order chi connectivity index (χ1) is 14.6. The molecule has 168 valence electrons. The van der Waals surface area contributed by atoms with Gasteiger partial charge in [-0.15, -0.1) is 0 Å². The molecule has 0 saturated heterocycles. The molecule has 3 atom stereocenters. The van der Waals surface area contributed by atoms with E-state index in [2.05, 4.69) is 108 Å². The molecule has 0 heterocycles. The molecule has 3 heteroatoms. The highest BCUT2D eigenvalue weighted by molar-refractivity contribution is 6.80. The third kappa shape index (κ3) is 5.05. The monoisotopic (exact) mass is 436 g/mol. The van der Waals surface area contributed by atoms with Gasteiger partial charge in [0, 0.05) is 0 Å². The van der Waals surface area contributed by atoms with E-state index in [1.54, 1.807) is 0 Å². The number of hydrogen-bond acceptors (Lipinski definition) is 2. The second-order valence-electron chi connectivity index (χ2n) is 11.0. The molecule has 31 heavy (non-hydrogen) atoms. The van der Waals surface area contributed by atoms with Crippen molar-refractivity contribution in [3.05, 3.63) is 72.8 Å². The van der Waals surface area contributed by atoms with Crippen LogP contribution in [0.15, 0.2) is 72.8 Å². The number of hydrogen-bond donors (Lipinski definition) is 1. The minimum atomic E-state index is -1.85. The predicted molar refractivity (Wildman–Crippen MR) is 134 cm³/mol. The van der Waals surface area contributed by atoms with Gasteiger partial charge in [-0.25, -0.2) is 0 Å².